The number of hydrogen-bond acceptors (Lipinski definition) is 3. The number of rotatable bonds is 4. The number of carbonyl (C=O) groups excluding carboxylic acids is 1. The Morgan fingerprint density at radius 2 is 1.76 bits per heavy atom. The Morgan fingerprint density at radius 3 is 2.18 bits per heavy atom. The molecule has 1 aliphatic carbocycles. The minimum Gasteiger partial charge on any atom is -0.480 e. The summed E-state index contributed by atoms with van der Waals surface area (Å²) in [5, 5.41) is 9.00. The SMILES string of the molecule is CCC1(OC(=O)C(C)(C)C(=O)O)CCCCC1. The van der Waals surface area contributed by atoms with Crippen LogP contribution in [0.5, 0.6) is 0 Å². The third-order valence-corrected chi connectivity index (χ3v) is 3.76. The van der Waals surface area contributed by atoms with Crippen LogP contribution in [0.1, 0.15) is 59.3 Å². The van der Waals surface area contributed by atoms with Crippen molar-refractivity contribution in [2.45, 2.75) is 64.9 Å². The van der Waals surface area contributed by atoms with Gasteiger partial charge in [0.1, 0.15) is 5.60 Å². The van der Waals surface area contributed by atoms with E-state index in [9.17, 15) is 9.59 Å². The molecule has 0 aromatic rings. The summed E-state index contributed by atoms with van der Waals surface area (Å²) in [6.45, 7) is 4.78. The molecule has 0 saturated heterocycles. The molecule has 17 heavy (non-hydrogen) atoms. The number of carboxylic acids is 1. The van der Waals surface area contributed by atoms with E-state index in [-0.39, 0.29) is 0 Å². The lowest BCUT2D eigenvalue weighted by Gasteiger charge is -2.37. The maximum Gasteiger partial charge on any atom is 0.323 e. The molecule has 0 unspecified atom stereocenters. The molecule has 98 valence electrons. The summed E-state index contributed by atoms with van der Waals surface area (Å²) in [6, 6.07) is 0. The van der Waals surface area contributed by atoms with Crippen LogP contribution >= 0.6 is 0 Å². The van der Waals surface area contributed by atoms with E-state index < -0.39 is 23.0 Å². The summed E-state index contributed by atoms with van der Waals surface area (Å²) in [7, 11) is 0. The standard InChI is InChI=1S/C13H22O4/c1-4-13(8-6-5-7-9-13)17-11(16)12(2,3)10(14)15/h4-9H2,1-3H3,(H,14,15). The van der Waals surface area contributed by atoms with E-state index in [2.05, 4.69) is 0 Å². The van der Waals surface area contributed by atoms with Crippen molar-refractivity contribution in [1.29, 1.82) is 0 Å². The minimum atomic E-state index is -1.46. The number of esters is 1. The molecule has 4 nitrogen and oxygen atoms in total. The van der Waals surface area contributed by atoms with Crippen molar-refractivity contribution < 1.29 is 19.4 Å². The van der Waals surface area contributed by atoms with Gasteiger partial charge in [0, 0.05) is 0 Å². The summed E-state index contributed by atoms with van der Waals surface area (Å²) in [4.78, 5) is 22.9. The van der Waals surface area contributed by atoms with Gasteiger partial charge in [-0.3, -0.25) is 9.59 Å². The maximum atomic E-state index is 11.9. The van der Waals surface area contributed by atoms with Crippen molar-refractivity contribution in [1.82, 2.24) is 0 Å². The first kappa shape index (κ1) is 14.0. The maximum absolute atomic E-state index is 11.9. The van der Waals surface area contributed by atoms with E-state index in [4.69, 9.17) is 9.84 Å². The van der Waals surface area contributed by atoms with E-state index in [1.54, 1.807) is 0 Å². The molecular formula is C13H22O4. The van der Waals surface area contributed by atoms with Crippen LogP contribution < -0.4 is 0 Å². The van der Waals surface area contributed by atoms with E-state index in [0.717, 1.165) is 32.1 Å². The van der Waals surface area contributed by atoms with E-state index in [1.165, 1.54) is 20.3 Å². The highest BCUT2D eigenvalue weighted by Gasteiger charge is 2.43. The van der Waals surface area contributed by atoms with Gasteiger partial charge in [-0.1, -0.05) is 13.3 Å². The van der Waals surface area contributed by atoms with Crippen LogP contribution in [0.15, 0.2) is 0 Å². The second-order valence-corrected chi connectivity index (χ2v) is 5.42. The molecule has 1 aliphatic rings. The van der Waals surface area contributed by atoms with Gasteiger partial charge in [-0.05, 0) is 46.0 Å². The molecule has 0 heterocycles. The quantitative estimate of drug-likeness (QED) is 0.608. The lowest BCUT2D eigenvalue weighted by atomic mass is 9.82. The van der Waals surface area contributed by atoms with Crippen molar-refractivity contribution in [2.24, 2.45) is 5.41 Å². The lowest BCUT2D eigenvalue weighted by molar-refractivity contribution is -0.181. The molecule has 0 aromatic carbocycles. The Kier molecular flexibility index (Phi) is 4.17. The van der Waals surface area contributed by atoms with Crippen molar-refractivity contribution in [3.63, 3.8) is 0 Å². The monoisotopic (exact) mass is 242 g/mol. The Morgan fingerprint density at radius 1 is 1.24 bits per heavy atom. The summed E-state index contributed by atoms with van der Waals surface area (Å²) in [5.74, 6) is -1.75. The zero-order chi connectivity index (χ0) is 13.1. The first-order valence-corrected chi connectivity index (χ1v) is 6.31. The molecule has 1 saturated carbocycles. The first-order valence-electron chi connectivity index (χ1n) is 6.31. The number of carbonyl (C=O) groups is 2. The third kappa shape index (κ3) is 2.99. The fraction of sp³-hybridized carbons (Fsp3) is 0.846. The lowest BCUT2D eigenvalue weighted by Crippen LogP contribution is -2.43. The van der Waals surface area contributed by atoms with Gasteiger partial charge in [-0.25, -0.2) is 0 Å². The minimum absolute atomic E-state index is 0.429. The highest BCUT2D eigenvalue weighted by molar-refractivity contribution is 5.98. The van der Waals surface area contributed by atoms with Gasteiger partial charge in [-0.15, -0.1) is 0 Å². The molecule has 0 spiro atoms. The van der Waals surface area contributed by atoms with Crippen molar-refractivity contribution in [3.8, 4) is 0 Å². The first-order chi connectivity index (χ1) is 7.84. The van der Waals surface area contributed by atoms with Crippen LogP contribution in [0.4, 0.5) is 0 Å². The summed E-state index contributed by atoms with van der Waals surface area (Å²) < 4.78 is 5.53. The second-order valence-electron chi connectivity index (χ2n) is 5.42. The van der Waals surface area contributed by atoms with E-state index in [0.29, 0.717) is 0 Å². The zero-order valence-electron chi connectivity index (χ0n) is 10.9. The smallest absolute Gasteiger partial charge is 0.323 e. The molecule has 1 rings (SSSR count). The molecule has 0 amide bonds. The highest BCUT2D eigenvalue weighted by Crippen LogP contribution is 2.36. The molecule has 1 N–H and O–H groups in total. The van der Waals surface area contributed by atoms with Crippen LogP contribution in [0, 0.1) is 5.41 Å². The molecule has 4 heteroatoms. The normalized spacial score (nSPS) is 19.7. The molecule has 0 aliphatic heterocycles. The average molecular weight is 242 g/mol. The van der Waals surface area contributed by atoms with Gasteiger partial charge in [-0.2, -0.15) is 0 Å². The number of ether oxygens (including phenoxy) is 1. The molecular weight excluding hydrogens is 220 g/mol. The predicted molar refractivity (Wildman–Crippen MR) is 63.6 cm³/mol. The van der Waals surface area contributed by atoms with Crippen molar-refractivity contribution in [3.05, 3.63) is 0 Å². The van der Waals surface area contributed by atoms with Gasteiger partial charge in [0.25, 0.3) is 0 Å². The fourth-order valence-electron chi connectivity index (χ4n) is 2.14. The Labute approximate surface area is 102 Å². The Bertz CT molecular complexity index is 301. The van der Waals surface area contributed by atoms with Gasteiger partial charge in [0.15, 0.2) is 5.41 Å². The van der Waals surface area contributed by atoms with Crippen LogP contribution in [-0.2, 0) is 14.3 Å². The van der Waals surface area contributed by atoms with Gasteiger partial charge in [0.2, 0.25) is 0 Å². The van der Waals surface area contributed by atoms with E-state index in [1.807, 2.05) is 6.92 Å². The third-order valence-electron chi connectivity index (χ3n) is 3.76. The topological polar surface area (TPSA) is 63.6 Å². The summed E-state index contributed by atoms with van der Waals surface area (Å²) in [5.41, 5.74) is -1.89. The van der Waals surface area contributed by atoms with E-state index >= 15 is 0 Å². The summed E-state index contributed by atoms with van der Waals surface area (Å²) in [6.07, 6.45) is 5.73. The van der Waals surface area contributed by atoms with Crippen LogP contribution in [0.2, 0.25) is 0 Å². The Balaban J connectivity index is 2.75. The molecule has 0 atom stereocenters. The van der Waals surface area contributed by atoms with Gasteiger partial charge >= 0.3 is 11.9 Å². The molecule has 0 aromatic heterocycles. The van der Waals surface area contributed by atoms with Crippen LogP contribution in [0.25, 0.3) is 0 Å². The van der Waals surface area contributed by atoms with Gasteiger partial charge < -0.3 is 9.84 Å². The number of aliphatic carboxylic acids is 1. The average Bonchev–Trinajstić information content (AvgIpc) is 2.30. The molecule has 0 radical (unpaired) electrons. The zero-order valence-corrected chi connectivity index (χ0v) is 10.9. The fourth-order valence-corrected chi connectivity index (χ4v) is 2.14. The van der Waals surface area contributed by atoms with Crippen LogP contribution in [-0.4, -0.2) is 22.6 Å². The molecule has 0 bridgehead atoms. The van der Waals surface area contributed by atoms with Crippen molar-refractivity contribution in [2.75, 3.05) is 0 Å². The predicted octanol–water partition coefficient (Wildman–Crippen LogP) is 2.75. The molecule has 1 fully saturated rings. The summed E-state index contributed by atoms with van der Waals surface area (Å²) >= 11 is 0. The second kappa shape index (κ2) is 5.07. The van der Waals surface area contributed by atoms with Gasteiger partial charge in [0.05, 0.1) is 0 Å². The van der Waals surface area contributed by atoms with Crippen molar-refractivity contribution >= 4 is 11.9 Å². The highest BCUT2D eigenvalue weighted by atomic mass is 16.6. The van der Waals surface area contributed by atoms with Crippen LogP contribution in [0.3, 0.4) is 0 Å². The number of hydrogen-bond donors (Lipinski definition) is 1. The Hall–Kier alpha value is -1.06. The number of carboxylic acid groups (broad SMARTS) is 1. The largest absolute Gasteiger partial charge is 0.480 e.